The minimum absolute atomic E-state index is 0.0328. The number of rotatable bonds is 3. The van der Waals surface area contributed by atoms with Crippen LogP contribution in [0.2, 0.25) is 0 Å². The Bertz CT molecular complexity index is 348. The van der Waals surface area contributed by atoms with Gasteiger partial charge < -0.3 is 10.8 Å². The number of amides is 1. The van der Waals surface area contributed by atoms with Crippen LogP contribution in [-0.2, 0) is 4.79 Å². The second-order valence-corrected chi connectivity index (χ2v) is 2.35. The zero-order valence-corrected chi connectivity index (χ0v) is 7.10. The number of aromatic nitrogens is 2. The monoisotopic (exact) mass is 196 g/mol. The molecule has 0 aliphatic heterocycles. The van der Waals surface area contributed by atoms with Gasteiger partial charge in [-0.2, -0.15) is 0 Å². The highest BCUT2D eigenvalue weighted by molar-refractivity contribution is 5.91. The molecule has 1 aromatic heterocycles. The molecule has 0 saturated heterocycles. The van der Waals surface area contributed by atoms with Gasteiger partial charge in [-0.05, 0) is 0 Å². The molecule has 7 nitrogen and oxygen atoms in total. The first-order valence-electron chi connectivity index (χ1n) is 3.68. The Morgan fingerprint density at radius 3 is 2.43 bits per heavy atom. The molecule has 0 bridgehead atoms. The lowest BCUT2D eigenvalue weighted by atomic mass is 10.3. The van der Waals surface area contributed by atoms with Gasteiger partial charge in [-0.1, -0.05) is 0 Å². The van der Waals surface area contributed by atoms with Crippen LogP contribution in [0.4, 0.5) is 5.95 Å². The summed E-state index contributed by atoms with van der Waals surface area (Å²) in [5.41, 5.74) is 4.99. The first-order valence-corrected chi connectivity index (χ1v) is 3.68. The first-order chi connectivity index (χ1) is 6.63. The number of hydrogen-bond acceptors (Lipinski definition) is 5. The summed E-state index contributed by atoms with van der Waals surface area (Å²) in [5, 5.41) is 10.8. The Kier molecular flexibility index (Phi) is 3.08. The quantitative estimate of drug-likeness (QED) is 0.574. The molecule has 0 atom stereocenters. The third-order valence-electron chi connectivity index (χ3n) is 1.34. The van der Waals surface area contributed by atoms with Crippen molar-refractivity contribution in [3.63, 3.8) is 0 Å². The maximum Gasteiger partial charge on any atom is 0.338 e. The minimum atomic E-state index is -1.12. The van der Waals surface area contributed by atoms with Gasteiger partial charge in [0.2, 0.25) is 11.9 Å². The van der Waals surface area contributed by atoms with Crippen molar-refractivity contribution >= 4 is 17.8 Å². The normalized spacial score (nSPS) is 9.50. The highest BCUT2D eigenvalue weighted by Crippen LogP contribution is 1.99. The van der Waals surface area contributed by atoms with E-state index in [0.29, 0.717) is 0 Å². The standard InChI is InChI=1S/C7H8N4O3/c8-1-5(12)11-7-9-2-4(3-10-7)6(13)14/h2-3H,1,8H2,(H,13,14)(H,9,10,11,12). The predicted octanol–water partition coefficient (Wildman–Crippen LogP) is -0.928. The van der Waals surface area contributed by atoms with Crippen LogP contribution in [0.25, 0.3) is 0 Å². The third kappa shape index (κ3) is 2.49. The summed E-state index contributed by atoms with van der Waals surface area (Å²) < 4.78 is 0. The summed E-state index contributed by atoms with van der Waals surface area (Å²) in [6, 6.07) is 0. The summed E-state index contributed by atoms with van der Waals surface area (Å²) in [6.45, 7) is -0.177. The Hall–Kier alpha value is -2.02. The molecule has 4 N–H and O–H groups in total. The Balaban J connectivity index is 2.73. The Morgan fingerprint density at radius 2 is 2.00 bits per heavy atom. The van der Waals surface area contributed by atoms with E-state index in [1.54, 1.807) is 0 Å². The molecule has 1 amide bonds. The molecule has 0 fully saturated rings. The number of nitrogens with one attached hydrogen (secondary N) is 1. The highest BCUT2D eigenvalue weighted by atomic mass is 16.4. The molecule has 1 aromatic rings. The zero-order chi connectivity index (χ0) is 10.6. The predicted molar refractivity (Wildman–Crippen MR) is 46.7 cm³/mol. The number of carbonyl (C=O) groups is 2. The lowest BCUT2D eigenvalue weighted by Gasteiger charge is -2.00. The molecule has 0 unspecified atom stereocenters. The van der Waals surface area contributed by atoms with Crippen molar-refractivity contribution in [2.24, 2.45) is 5.73 Å². The van der Waals surface area contributed by atoms with Crippen LogP contribution < -0.4 is 11.1 Å². The molecule has 7 heteroatoms. The molecule has 74 valence electrons. The largest absolute Gasteiger partial charge is 0.478 e. The Labute approximate surface area is 79.0 Å². The lowest BCUT2D eigenvalue weighted by Crippen LogP contribution is -2.23. The van der Waals surface area contributed by atoms with Crippen LogP contribution >= 0.6 is 0 Å². The van der Waals surface area contributed by atoms with E-state index in [0.717, 1.165) is 12.4 Å². The van der Waals surface area contributed by atoms with Crippen molar-refractivity contribution < 1.29 is 14.7 Å². The van der Waals surface area contributed by atoms with Gasteiger partial charge in [0, 0.05) is 12.4 Å². The molecule has 0 spiro atoms. The fraction of sp³-hybridized carbons (Fsp3) is 0.143. The van der Waals surface area contributed by atoms with Crippen LogP contribution in [0.5, 0.6) is 0 Å². The van der Waals surface area contributed by atoms with Crippen LogP contribution in [0.15, 0.2) is 12.4 Å². The fourth-order valence-corrected chi connectivity index (χ4v) is 0.679. The van der Waals surface area contributed by atoms with Gasteiger partial charge in [0.15, 0.2) is 0 Å². The number of carboxylic acid groups (broad SMARTS) is 1. The molecule has 0 saturated carbocycles. The van der Waals surface area contributed by atoms with Crippen LogP contribution in [-0.4, -0.2) is 33.5 Å². The number of aromatic carboxylic acids is 1. The van der Waals surface area contributed by atoms with Crippen molar-refractivity contribution in [3.8, 4) is 0 Å². The van der Waals surface area contributed by atoms with Crippen LogP contribution in [0, 0.1) is 0 Å². The van der Waals surface area contributed by atoms with E-state index in [1.165, 1.54) is 0 Å². The number of carbonyl (C=O) groups excluding carboxylic acids is 1. The minimum Gasteiger partial charge on any atom is -0.478 e. The molecule has 0 aliphatic carbocycles. The van der Waals surface area contributed by atoms with Crippen LogP contribution in [0.3, 0.4) is 0 Å². The lowest BCUT2D eigenvalue weighted by molar-refractivity contribution is -0.114. The van der Waals surface area contributed by atoms with E-state index in [-0.39, 0.29) is 18.1 Å². The van der Waals surface area contributed by atoms with Crippen LogP contribution in [0.1, 0.15) is 10.4 Å². The molecule has 14 heavy (non-hydrogen) atoms. The van der Waals surface area contributed by atoms with Gasteiger partial charge >= 0.3 is 5.97 Å². The Morgan fingerprint density at radius 1 is 1.43 bits per heavy atom. The summed E-state index contributed by atoms with van der Waals surface area (Å²) in [4.78, 5) is 28.4. The van der Waals surface area contributed by atoms with E-state index >= 15 is 0 Å². The molecule has 0 radical (unpaired) electrons. The van der Waals surface area contributed by atoms with Gasteiger partial charge in [-0.15, -0.1) is 0 Å². The van der Waals surface area contributed by atoms with Crippen molar-refractivity contribution in [2.75, 3.05) is 11.9 Å². The number of anilines is 1. The van der Waals surface area contributed by atoms with Gasteiger partial charge in [-0.3, -0.25) is 10.1 Å². The van der Waals surface area contributed by atoms with Gasteiger partial charge in [0.05, 0.1) is 12.1 Å². The second-order valence-electron chi connectivity index (χ2n) is 2.35. The van der Waals surface area contributed by atoms with E-state index < -0.39 is 11.9 Å². The van der Waals surface area contributed by atoms with E-state index in [1.807, 2.05) is 0 Å². The molecule has 1 rings (SSSR count). The SMILES string of the molecule is NCC(=O)Nc1ncc(C(=O)O)cn1. The van der Waals surface area contributed by atoms with Crippen molar-refractivity contribution in [3.05, 3.63) is 18.0 Å². The highest BCUT2D eigenvalue weighted by Gasteiger charge is 2.05. The number of carboxylic acids is 1. The van der Waals surface area contributed by atoms with Gasteiger partial charge in [0.25, 0.3) is 0 Å². The number of nitrogens with zero attached hydrogens (tertiary/aromatic N) is 2. The fourth-order valence-electron chi connectivity index (χ4n) is 0.679. The summed E-state index contributed by atoms with van der Waals surface area (Å²) >= 11 is 0. The van der Waals surface area contributed by atoms with Crippen molar-refractivity contribution in [1.29, 1.82) is 0 Å². The number of nitrogens with two attached hydrogens (primary N) is 1. The van der Waals surface area contributed by atoms with Gasteiger partial charge in [-0.25, -0.2) is 14.8 Å². The van der Waals surface area contributed by atoms with E-state index in [4.69, 9.17) is 10.8 Å². The molecular formula is C7H8N4O3. The van der Waals surface area contributed by atoms with E-state index in [9.17, 15) is 9.59 Å². The maximum atomic E-state index is 10.8. The zero-order valence-electron chi connectivity index (χ0n) is 7.10. The average Bonchev–Trinajstić information content (AvgIpc) is 2.18. The smallest absolute Gasteiger partial charge is 0.338 e. The third-order valence-corrected chi connectivity index (χ3v) is 1.34. The molecule has 0 aliphatic rings. The summed E-state index contributed by atoms with van der Waals surface area (Å²) in [5.74, 6) is -1.53. The topological polar surface area (TPSA) is 118 Å². The first kappa shape index (κ1) is 10.1. The summed E-state index contributed by atoms with van der Waals surface area (Å²) in [6.07, 6.45) is 2.20. The maximum absolute atomic E-state index is 10.8. The number of hydrogen-bond donors (Lipinski definition) is 3. The molecular weight excluding hydrogens is 188 g/mol. The van der Waals surface area contributed by atoms with E-state index in [2.05, 4.69) is 15.3 Å². The average molecular weight is 196 g/mol. The molecule has 0 aromatic carbocycles. The van der Waals surface area contributed by atoms with Gasteiger partial charge in [0.1, 0.15) is 0 Å². The summed E-state index contributed by atoms with van der Waals surface area (Å²) in [7, 11) is 0. The second kappa shape index (κ2) is 4.28. The van der Waals surface area contributed by atoms with Crippen molar-refractivity contribution in [1.82, 2.24) is 9.97 Å². The molecule has 1 heterocycles. The van der Waals surface area contributed by atoms with Crippen molar-refractivity contribution in [2.45, 2.75) is 0 Å².